The molecular weight excluding hydrogens is 284 g/mol. The molecule has 3 unspecified atom stereocenters. The minimum Gasteiger partial charge on any atom is -0.389 e. The highest BCUT2D eigenvalue weighted by Gasteiger charge is 2.39. The number of thiophene rings is 1. The Labute approximate surface area is 110 Å². The predicted molar refractivity (Wildman–Crippen MR) is 72.9 cm³/mol. The Morgan fingerprint density at radius 3 is 2.94 bits per heavy atom. The van der Waals surface area contributed by atoms with Gasteiger partial charge in [0.15, 0.2) is 0 Å². The summed E-state index contributed by atoms with van der Waals surface area (Å²) in [7, 11) is 0. The first-order chi connectivity index (χ1) is 7.51. The molecule has 1 nitrogen and oxygen atoms in total. The molecule has 16 heavy (non-hydrogen) atoms. The molecule has 1 saturated carbocycles. The van der Waals surface area contributed by atoms with Crippen molar-refractivity contribution in [2.45, 2.75) is 45.1 Å². The second kappa shape index (κ2) is 4.79. The zero-order valence-electron chi connectivity index (χ0n) is 9.87. The quantitative estimate of drug-likeness (QED) is 0.866. The van der Waals surface area contributed by atoms with Gasteiger partial charge in [-0.05, 0) is 40.3 Å². The highest BCUT2D eigenvalue weighted by atomic mass is 79.9. The van der Waals surface area contributed by atoms with Gasteiger partial charge in [-0.25, -0.2) is 0 Å². The lowest BCUT2D eigenvalue weighted by atomic mass is 9.69. The van der Waals surface area contributed by atoms with Crippen LogP contribution in [0, 0.1) is 11.8 Å². The zero-order valence-corrected chi connectivity index (χ0v) is 12.3. The average molecular weight is 303 g/mol. The van der Waals surface area contributed by atoms with Crippen molar-refractivity contribution in [3.8, 4) is 0 Å². The average Bonchev–Trinajstić information content (AvgIpc) is 2.60. The summed E-state index contributed by atoms with van der Waals surface area (Å²) in [4.78, 5) is 1.29. The molecule has 1 aliphatic carbocycles. The number of hydrogen-bond acceptors (Lipinski definition) is 2. The van der Waals surface area contributed by atoms with E-state index in [1.807, 2.05) is 0 Å². The summed E-state index contributed by atoms with van der Waals surface area (Å²) in [5.41, 5.74) is -0.484. The molecule has 0 bridgehead atoms. The molecule has 0 amide bonds. The molecule has 0 aliphatic heterocycles. The molecule has 1 fully saturated rings. The largest absolute Gasteiger partial charge is 0.389 e. The van der Waals surface area contributed by atoms with Gasteiger partial charge >= 0.3 is 0 Å². The van der Waals surface area contributed by atoms with E-state index in [1.165, 1.54) is 11.3 Å². The first kappa shape index (κ1) is 12.6. The van der Waals surface area contributed by atoms with Gasteiger partial charge in [-0.1, -0.05) is 26.7 Å². The van der Waals surface area contributed by atoms with E-state index in [2.05, 4.69) is 41.2 Å². The second-order valence-corrected chi connectivity index (χ2v) is 7.08. The molecule has 90 valence electrons. The van der Waals surface area contributed by atoms with Crippen LogP contribution in [0.5, 0.6) is 0 Å². The Kier molecular flexibility index (Phi) is 3.77. The maximum atomic E-state index is 10.8. The van der Waals surface area contributed by atoms with E-state index in [9.17, 15) is 5.11 Å². The maximum Gasteiger partial charge on any atom is 0.0723 e. The van der Waals surface area contributed by atoms with E-state index in [0.717, 1.165) is 23.7 Å². The Hall–Kier alpha value is 0.140. The minimum absolute atomic E-state index is 0.405. The predicted octanol–water partition coefficient (Wildman–Crippen LogP) is 4.24. The Bertz CT molecular complexity index is 363. The third-order valence-corrected chi connectivity index (χ3v) is 5.77. The number of halogens is 1. The van der Waals surface area contributed by atoms with Crippen LogP contribution in [0.2, 0.25) is 0 Å². The van der Waals surface area contributed by atoms with Crippen molar-refractivity contribution in [3.05, 3.63) is 20.8 Å². The van der Waals surface area contributed by atoms with Crippen LogP contribution in [0.25, 0.3) is 0 Å². The normalized spacial score (nSPS) is 35.2. The van der Waals surface area contributed by atoms with Crippen molar-refractivity contribution in [3.63, 3.8) is 0 Å². The van der Waals surface area contributed by atoms with E-state index >= 15 is 0 Å². The summed E-state index contributed by atoms with van der Waals surface area (Å²) in [5, 5.41) is 12.9. The van der Waals surface area contributed by atoms with E-state index < -0.39 is 5.60 Å². The summed E-state index contributed by atoms with van der Waals surface area (Å²) in [6, 6.07) is 2.13. The molecule has 2 rings (SSSR count). The lowest BCUT2D eigenvalue weighted by Gasteiger charge is -2.42. The van der Waals surface area contributed by atoms with Gasteiger partial charge in [0.1, 0.15) is 0 Å². The monoisotopic (exact) mass is 302 g/mol. The first-order valence-corrected chi connectivity index (χ1v) is 7.64. The number of hydrogen-bond donors (Lipinski definition) is 1. The van der Waals surface area contributed by atoms with Crippen LogP contribution in [0.15, 0.2) is 15.9 Å². The molecule has 1 heterocycles. The molecule has 1 aliphatic rings. The molecule has 1 aromatic heterocycles. The maximum absolute atomic E-state index is 10.8. The van der Waals surface area contributed by atoms with Crippen molar-refractivity contribution >= 4 is 27.3 Å². The second-order valence-electron chi connectivity index (χ2n) is 5.17. The van der Waals surface area contributed by atoms with Gasteiger partial charge in [-0.3, -0.25) is 0 Å². The number of aliphatic hydroxyl groups is 1. The van der Waals surface area contributed by atoms with Gasteiger partial charge in [0, 0.05) is 21.2 Å². The van der Waals surface area contributed by atoms with E-state index in [-0.39, 0.29) is 0 Å². The molecule has 1 aromatic rings. The first-order valence-electron chi connectivity index (χ1n) is 5.96. The molecule has 0 saturated heterocycles. The summed E-state index contributed by atoms with van der Waals surface area (Å²) < 4.78 is 1.13. The standard InChI is InChI=1S/C13H19BrOS/c1-9-4-3-5-13(15,10(9)2)7-12-6-11(14)8-16-12/h6,8-10,15H,3-5,7H2,1-2H3. The van der Waals surface area contributed by atoms with Crippen LogP contribution in [-0.2, 0) is 6.42 Å². The van der Waals surface area contributed by atoms with Crippen LogP contribution in [0.1, 0.15) is 38.0 Å². The summed E-state index contributed by atoms with van der Waals surface area (Å²) in [5.74, 6) is 1.05. The fourth-order valence-electron chi connectivity index (χ4n) is 2.74. The van der Waals surface area contributed by atoms with Crippen molar-refractivity contribution in [2.24, 2.45) is 11.8 Å². The smallest absolute Gasteiger partial charge is 0.0723 e. The molecule has 0 aromatic carbocycles. The summed E-state index contributed by atoms with van der Waals surface area (Å²) in [6.45, 7) is 4.46. The Balaban J connectivity index is 2.12. The van der Waals surface area contributed by atoms with Gasteiger partial charge in [-0.2, -0.15) is 0 Å². The van der Waals surface area contributed by atoms with E-state index in [1.54, 1.807) is 11.3 Å². The number of rotatable bonds is 2. The fourth-order valence-corrected chi connectivity index (χ4v) is 4.30. The van der Waals surface area contributed by atoms with Crippen molar-refractivity contribution in [1.29, 1.82) is 0 Å². The minimum atomic E-state index is -0.484. The van der Waals surface area contributed by atoms with E-state index in [0.29, 0.717) is 11.8 Å². The Morgan fingerprint density at radius 2 is 2.31 bits per heavy atom. The van der Waals surface area contributed by atoms with Crippen LogP contribution in [0.4, 0.5) is 0 Å². The fraction of sp³-hybridized carbons (Fsp3) is 0.692. The lowest BCUT2D eigenvalue weighted by Crippen LogP contribution is -2.44. The van der Waals surface area contributed by atoms with Gasteiger partial charge in [0.2, 0.25) is 0 Å². The molecular formula is C13H19BrOS. The summed E-state index contributed by atoms with van der Waals surface area (Å²) in [6.07, 6.45) is 4.19. The molecule has 0 radical (unpaired) electrons. The van der Waals surface area contributed by atoms with Crippen molar-refractivity contribution in [1.82, 2.24) is 0 Å². The lowest BCUT2D eigenvalue weighted by molar-refractivity contribution is -0.0615. The topological polar surface area (TPSA) is 20.2 Å². The van der Waals surface area contributed by atoms with Crippen LogP contribution in [-0.4, -0.2) is 10.7 Å². The van der Waals surface area contributed by atoms with Crippen LogP contribution < -0.4 is 0 Å². The highest BCUT2D eigenvalue weighted by molar-refractivity contribution is 9.10. The SMILES string of the molecule is CC1CCCC(O)(Cc2cc(Br)cs2)C1C. The van der Waals surface area contributed by atoms with Gasteiger partial charge < -0.3 is 5.11 Å². The summed E-state index contributed by atoms with van der Waals surface area (Å²) >= 11 is 5.21. The van der Waals surface area contributed by atoms with Gasteiger partial charge in [0.25, 0.3) is 0 Å². The van der Waals surface area contributed by atoms with Crippen molar-refractivity contribution < 1.29 is 5.11 Å². The highest BCUT2D eigenvalue weighted by Crippen LogP contribution is 2.40. The zero-order chi connectivity index (χ0) is 11.8. The molecule has 0 spiro atoms. The van der Waals surface area contributed by atoms with Crippen LogP contribution in [0.3, 0.4) is 0 Å². The third-order valence-electron chi connectivity index (χ3n) is 4.07. The van der Waals surface area contributed by atoms with Gasteiger partial charge in [-0.15, -0.1) is 11.3 Å². The van der Waals surface area contributed by atoms with E-state index in [4.69, 9.17) is 0 Å². The van der Waals surface area contributed by atoms with Crippen molar-refractivity contribution in [2.75, 3.05) is 0 Å². The van der Waals surface area contributed by atoms with Crippen LogP contribution >= 0.6 is 27.3 Å². The molecule has 1 N–H and O–H groups in total. The third kappa shape index (κ3) is 2.52. The van der Waals surface area contributed by atoms with Gasteiger partial charge in [0.05, 0.1) is 5.60 Å². The Morgan fingerprint density at radius 1 is 1.56 bits per heavy atom. The molecule has 3 heteroatoms. The molecule has 3 atom stereocenters.